The predicted molar refractivity (Wildman–Crippen MR) is 155 cm³/mol. The number of hydrogen-bond donors (Lipinski definition) is 0. The van der Waals surface area contributed by atoms with Crippen molar-refractivity contribution in [3.05, 3.63) is 123 Å². The summed E-state index contributed by atoms with van der Waals surface area (Å²) in [5, 5.41) is 19.6. The minimum absolute atomic E-state index is 0.0340. The topological polar surface area (TPSA) is 93.8 Å². The zero-order valence-corrected chi connectivity index (χ0v) is 22.4. The average Bonchev–Trinajstić information content (AvgIpc) is 3.42. The van der Waals surface area contributed by atoms with Gasteiger partial charge in [-0.05, 0) is 54.1 Å². The van der Waals surface area contributed by atoms with Gasteiger partial charge in [-0.3, -0.25) is 10.1 Å². The van der Waals surface area contributed by atoms with Gasteiger partial charge in [0, 0.05) is 27.9 Å². The summed E-state index contributed by atoms with van der Waals surface area (Å²) in [7, 11) is 1.62. The van der Waals surface area contributed by atoms with Crippen LogP contribution in [-0.4, -0.2) is 27.7 Å². The van der Waals surface area contributed by atoms with Crippen molar-refractivity contribution in [2.75, 3.05) is 12.1 Å². The molecule has 0 saturated heterocycles. The number of hydrazone groups is 1. The first-order valence-electron chi connectivity index (χ1n) is 12.3. The summed E-state index contributed by atoms with van der Waals surface area (Å²) < 4.78 is 6.23. The Morgan fingerprint density at radius 2 is 1.67 bits per heavy atom. The van der Waals surface area contributed by atoms with Gasteiger partial charge in [0.25, 0.3) is 5.69 Å². The van der Waals surface area contributed by atoms with Gasteiger partial charge in [-0.1, -0.05) is 58.4 Å². The van der Waals surface area contributed by atoms with Gasteiger partial charge in [0.1, 0.15) is 5.75 Å². The molecule has 0 N–H and O–H groups in total. The van der Waals surface area contributed by atoms with Crippen molar-refractivity contribution in [1.29, 1.82) is 0 Å². The molecule has 2 heterocycles. The van der Waals surface area contributed by atoms with E-state index in [4.69, 9.17) is 19.8 Å². The Labute approximate surface area is 232 Å². The minimum atomic E-state index is -0.472. The number of nitro benzene ring substituents is 1. The van der Waals surface area contributed by atoms with Gasteiger partial charge in [-0.15, -0.1) is 0 Å². The summed E-state index contributed by atoms with van der Waals surface area (Å²) in [5.41, 5.74) is 4.70. The lowest BCUT2D eigenvalue weighted by molar-refractivity contribution is -0.385. The Bertz CT molecular complexity index is 1720. The fourth-order valence-electron chi connectivity index (χ4n) is 4.84. The van der Waals surface area contributed by atoms with E-state index in [1.807, 2.05) is 72.8 Å². The van der Waals surface area contributed by atoms with Gasteiger partial charge in [-0.25, -0.2) is 15.0 Å². The van der Waals surface area contributed by atoms with Crippen LogP contribution in [0, 0.1) is 10.1 Å². The molecule has 1 aliphatic heterocycles. The van der Waals surface area contributed by atoms with Crippen molar-refractivity contribution in [3.63, 3.8) is 0 Å². The lowest BCUT2D eigenvalue weighted by Crippen LogP contribution is -2.22. The Morgan fingerprint density at radius 3 is 2.41 bits per heavy atom. The highest BCUT2D eigenvalue weighted by atomic mass is 79.9. The van der Waals surface area contributed by atoms with Gasteiger partial charge >= 0.3 is 0 Å². The highest BCUT2D eigenvalue weighted by Gasteiger charge is 2.36. The number of benzene rings is 4. The smallest absolute Gasteiger partial charge is 0.274 e. The summed E-state index contributed by atoms with van der Waals surface area (Å²) in [4.78, 5) is 21.5. The zero-order valence-electron chi connectivity index (χ0n) is 20.9. The Hall–Kier alpha value is -4.63. The Morgan fingerprint density at radius 1 is 0.923 bits per heavy atom. The molecular weight excluding hydrogens is 558 g/mol. The largest absolute Gasteiger partial charge is 0.497 e. The number of rotatable bonds is 6. The maximum absolute atomic E-state index is 12.0. The fraction of sp³-hybridized carbons (Fsp3) is 0.100. The molecule has 0 radical (unpaired) electrons. The van der Waals surface area contributed by atoms with E-state index in [0.29, 0.717) is 17.9 Å². The molecule has 0 aliphatic carbocycles. The van der Waals surface area contributed by atoms with E-state index < -0.39 is 6.04 Å². The van der Waals surface area contributed by atoms with Gasteiger partial charge in [-0.2, -0.15) is 5.10 Å². The van der Waals surface area contributed by atoms with Crippen molar-refractivity contribution in [3.8, 4) is 17.0 Å². The van der Waals surface area contributed by atoms with Crippen LogP contribution in [0.2, 0.25) is 0 Å². The molecule has 39 heavy (non-hydrogen) atoms. The summed E-state index contributed by atoms with van der Waals surface area (Å²) in [5.74, 6) is 1.11. The van der Waals surface area contributed by atoms with E-state index in [0.717, 1.165) is 43.7 Å². The van der Waals surface area contributed by atoms with E-state index in [1.54, 1.807) is 30.3 Å². The lowest BCUT2D eigenvalue weighted by Gasteiger charge is -2.23. The third-order valence-electron chi connectivity index (χ3n) is 6.72. The number of methoxy groups -OCH3 is 1. The Kier molecular flexibility index (Phi) is 6.50. The number of anilines is 1. The molecule has 5 aromatic rings. The van der Waals surface area contributed by atoms with E-state index in [2.05, 4.69) is 15.9 Å². The second kappa shape index (κ2) is 10.3. The number of nitro groups is 1. The predicted octanol–water partition coefficient (Wildman–Crippen LogP) is 7.33. The van der Waals surface area contributed by atoms with Gasteiger partial charge in [0.2, 0.25) is 5.95 Å². The van der Waals surface area contributed by atoms with E-state index in [1.165, 1.54) is 6.07 Å². The Balaban J connectivity index is 1.55. The van der Waals surface area contributed by atoms with Crippen molar-refractivity contribution in [2.24, 2.45) is 5.10 Å². The van der Waals surface area contributed by atoms with Crippen LogP contribution in [0.5, 0.6) is 5.75 Å². The molecule has 0 bridgehead atoms. The van der Waals surface area contributed by atoms with Crippen LogP contribution in [0.15, 0.2) is 107 Å². The van der Waals surface area contributed by atoms with Crippen LogP contribution in [0.4, 0.5) is 11.6 Å². The number of para-hydroxylation sites is 1. The van der Waals surface area contributed by atoms with Crippen LogP contribution in [0.1, 0.15) is 23.6 Å². The zero-order chi connectivity index (χ0) is 26.9. The summed E-state index contributed by atoms with van der Waals surface area (Å²) in [6, 6.07) is 29.7. The van der Waals surface area contributed by atoms with Crippen LogP contribution in [0.3, 0.4) is 0 Å². The molecule has 6 rings (SSSR count). The van der Waals surface area contributed by atoms with Crippen molar-refractivity contribution in [1.82, 2.24) is 9.97 Å². The fourth-order valence-corrected chi connectivity index (χ4v) is 5.20. The van der Waals surface area contributed by atoms with Crippen molar-refractivity contribution in [2.45, 2.75) is 12.5 Å². The number of hydrogen-bond acceptors (Lipinski definition) is 7. The second-order valence-electron chi connectivity index (χ2n) is 9.06. The maximum Gasteiger partial charge on any atom is 0.274 e. The second-order valence-corrected chi connectivity index (χ2v) is 9.97. The molecular formula is C30H22BrN5O3. The van der Waals surface area contributed by atoms with Crippen LogP contribution in [-0.2, 0) is 0 Å². The first-order chi connectivity index (χ1) is 19.0. The third kappa shape index (κ3) is 4.72. The number of ether oxygens (including phenoxy) is 1. The van der Waals surface area contributed by atoms with Crippen LogP contribution < -0.4 is 9.75 Å². The van der Waals surface area contributed by atoms with E-state index >= 15 is 0 Å². The first-order valence-corrected chi connectivity index (χ1v) is 13.1. The molecule has 9 heteroatoms. The molecule has 1 aliphatic rings. The summed E-state index contributed by atoms with van der Waals surface area (Å²) in [6.07, 6.45) is 0.444. The summed E-state index contributed by atoms with van der Waals surface area (Å²) in [6.45, 7) is 0. The molecule has 0 saturated carbocycles. The third-order valence-corrected chi connectivity index (χ3v) is 7.22. The van der Waals surface area contributed by atoms with Crippen molar-refractivity contribution >= 4 is 44.2 Å². The standard InChI is InChI=1S/C30H22BrN5O3/c1-39-22-14-11-19(12-15-22)26-18-28(23-9-5-6-10-27(23)36(37)38)35(34-26)30-32-25-16-13-21(31)17-24(25)29(33-30)20-7-3-2-4-8-20/h2-17,28H,18H2,1H3. The highest BCUT2D eigenvalue weighted by Crippen LogP contribution is 2.40. The van der Waals surface area contributed by atoms with E-state index in [-0.39, 0.29) is 10.6 Å². The SMILES string of the molecule is COc1ccc(C2=NN(c3nc(-c4ccccc4)c4cc(Br)ccc4n3)C(c3ccccc3[N+](=O)[O-])C2)cc1. The normalized spacial score (nSPS) is 14.9. The van der Waals surface area contributed by atoms with Crippen LogP contribution >= 0.6 is 15.9 Å². The molecule has 1 atom stereocenters. The van der Waals surface area contributed by atoms with Gasteiger partial charge < -0.3 is 4.74 Å². The van der Waals surface area contributed by atoms with Gasteiger partial charge in [0.05, 0.1) is 40.6 Å². The summed E-state index contributed by atoms with van der Waals surface area (Å²) >= 11 is 3.57. The monoisotopic (exact) mass is 579 g/mol. The number of aromatic nitrogens is 2. The lowest BCUT2D eigenvalue weighted by atomic mass is 9.97. The average molecular weight is 580 g/mol. The molecule has 1 unspecified atom stereocenters. The number of halogens is 1. The first kappa shape index (κ1) is 24.7. The molecule has 8 nitrogen and oxygen atoms in total. The highest BCUT2D eigenvalue weighted by molar-refractivity contribution is 9.10. The number of fused-ring (bicyclic) bond motifs is 1. The maximum atomic E-state index is 12.0. The molecule has 0 spiro atoms. The molecule has 1 aromatic heterocycles. The quantitative estimate of drug-likeness (QED) is 0.154. The van der Waals surface area contributed by atoms with Crippen LogP contribution in [0.25, 0.3) is 22.2 Å². The van der Waals surface area contributed by atoms with E-state index in [9.17, 15) is 10.1 Å². The van der Waals surface area contributed by atoms with Crippen molar-refractivity contribution < 1.29 is 9.66 Å². The molecule has 192 valence electrons. The minimum Gasteiger partial charge on any atom is -0.497 e. The number of nitrogens with zero attached hydrogens (tertiary/aromatic N) is 5. The van der Waals surface area contributed by atoms with Gasteiger partial charge in [0.15, 0.2) is 0 Å². The molecule has 0 fully saturated rings. The molecule has 0 amide bonds. The molecule has 4 aromatic carbocycles.